The molecule has 1 unspecified atom stereocenters. The second-order valence-corrected chi connectivity index (χ2v) is 6.73. The number of aryl methyl sites for hydroxylation is 1. The predicted molar refractivity (Wildman–Crippen MR) is 89.8 cm³/mol. The van der Waals surface area contributed by atoms with Crippen LogP contribution < -0.4 is 0 Å². The monoisotopic (exact) mass is 300 g/mol. The van der Waals surface area contributed by atoms with Gasteiger partial charge < -0.3 is 4.90 Å². The Morgan fingerprint density at radius 1 is 1.00 bits per heavy atom. The van der Waals surface area contributed by atoms with Gasteiger partial charge in [-0.05, 0) is 57.1 Å². The number of benzene rings is 1. The number of likely N-dealkylation sites (tertiary alicyclic amines) is 2. The molecule has 0 spiro atoms. The van der Waals surface area contributed by atoms with E-state index in [-0.39, 0.29) is 0 Å². The topological polar surface area (TPSA) is 23.6 Å². The molecule has 1 aromatic rings. The van der Waals surface area contributed by atoms with E-state index in [0.717, 1.165) is 26.1 Å². The Bertz CT molecular complexity index is 468. The molecular formula is C19H28N2O. The molecule has 22 heavy (non-hydrogen) atoms. The molecule has 0 aliphatic carbocycles. The molecule has 2 heterocycles. The summed E-state index contributed by atoms with van der Waals surface area (Å²) in [5, 5.41) is 0. The number of amides is 1. The molecule has 2 aliphatic rings. The highest BCUT2D eigenvalue weighted by atomic mass is 16.2. The normalized spacial score (nSPS) is 22.9. The summed E-state index contributed by atoms with van der Waals surface area (Å²) >= 11 is 0. The largest absolute Gasteiger partial charge is 0.342 e. The summed E-state index contributed by atoms with van der Waals surface area (Å²) < 4.78 is 0. The maximum atomic E-state index is 12.5. The van der Waals surface area contributed by atoms with E-state index >= 15 is 0 Å². The third-order valence-electron chi connectivity index (χ3n) is 5.16. The highest BCUT2D eigenvalue weighted by molar-refractivity contribution is 5.78. The van der Waals surface area contributed by atoms with Crippen LogP contribution in [-0.4, -0.2) is 47.9 Å². The second kappa shape index (κ2) is 7.77. The van der Waals surface area contributed by atoms with Crippen LogP contribution in [0.3, 0.4) is 0 Å². The first-order valence-electron chi connectivity index (χ1n) is 8.89. The minimum absolute atomic E-state index is 0.353. The first kappa shape index (κ1) is 15.5. The number of hydrogen-bond donors (Lipinski definition) is 0. The third kappa shape index (κ3) is 4.10. The minimum Gasteiger partial charge on any atom is -0.342 e. The van der Waals surface area contributed by atoms with Crippen LogP contribution in [-0.2, 0) is 11.2 Å². The molecule has 0 saturated carbocycles. The van der Waals surface area contributed by atoms with Gasteiger partial charge >= 0.3 is 0 Å². The first-order chi connectivity index (χ1) is 10.8. The van der Waals surface area contributed by atoms with Crippen LogP contribution in [0.2, 0.25) is 0 Å². The van der Waals surface area contributed by atoms with Crippen LogP contribution in [0.5, 0.6) is 0 Å². The molecule has 2 saturated heterocycles. The fourth-order valence-electron chi connectivity index (χ4n) is 3.83. The highest BCUT2D eigenvalue weighted by Gasteiger charge is 2.27. The average Bonchev–Trinajstić information content (AvgIpc) is 3.02. The van der Waals surface area contributed by atoms with Crippen molar-refractivity contribution in [3.63, 3.8) is 0 Å². The van der Waals surface area contributed by atoms with Gasteiger partial charge in [0, 0.05) is 19.1 Å². The van der Waals surface area contributed by atoms with Crippen LogP contribution in [0.4, 0.5) is 0 Å². The van der Waals surface area contributed by atoms with Crippen LogP contribution in [0.15, 0.2) is 30.3 Å². The van der Waals surface area contributed by atoms with E-state index in [1.54, 1.807) is 0 Å². The Morgan fingerprint density at radius 2 is 1.77 bits per heavy atom. The zero-order valence-corrected chi connectivity index (χ0v) is 13.5. The first-order valence-corrected chi connectivity index (χ1v) is 8.89. The molecule has 120 valence electrons. The zero-order chi connectivity index (χ0) is 15.2. The Morgan fingerprint density at radius 3 is 2.55 bits per heavy atom. The fourth-order valence-corrected chi connectivity index (χ4v) is 3.83. The molecule has 2 aliphatic heterocycles. The van der Waals surface area contributed by atoms with Crippen LogP contribution in [0, 0.1) is 0 Å². The molecule has 2 fully saturated rings. The Hall–Kier alpha value is -1.35. The van der Waals surface area contributed by atoms with E-state index in [2.05, 4.69) is 40.1 Å². The lowest BCUT2D eigenvalue weighted by Gasteiger charge is -2.30. The van der Waals surface area contributed by atoms with E-state index in [1.807, 2.05) is 0 Å². The summed E-state index contributed by atoms with van der Waals surface area (Å²) in [5.74, 6) is 0.353. The molecule has 1 amide bonds. The van der Waals surface area contributed by atoms with Crippen molar-refractivity contribution in [2.75, 3.05) is 26.2 Å². The molecule has 0 N–H and O–H groups in total. The Balaban J connectivity index is 1.48. The van der Waals surface area contributed by atoms with Gasteiger partial charge in [0.2, 0.25) is 5.91 Å². The van der Waals surface area contributed by atoms with Crippen LogP contribution >= 0.6 is 0 Å². The van der Waals surface area contributed by atoms with Crippen molar-refractivity contribution >= 4 is 5.91 Å². The number of rotatable bonds is 5. The lowest BCUT2D eigenvalue weighted by Crippen LogP contribution is -2.44. The third-order valence-corrected chi connectivity index (χ3v) is 5.16. The van der Waals surface area contributed by atoms with E-state index in [1.165, 1.54) is 44.1 Å². The van der Waals surface area contributed by atoms with Gasteiger partial charge in [-0.3, -0.25) is 9.69 Å². The zero-order valence-electron chi connectivity index (χ0n) is 13.5. The molecule has 3 nitrogen and oxygen atoms in total. The minimum atomic E-state index is 0.353. The molecule has 3 rings (SSSR count). The number of piperidine rings is 1. The number of hydrogen-bond acceptors (Lipinski definition) is 2. The Labute approximate surface area is 134 Å². The summed E-state index contributed by atoms with van der Waals surface area (Å²) in [4.78, 5) is 17.0. The molecule has 1 aromatic carbocycles. The van der Waals surface area contributed by atoms with E-state index in [4.69, 9.17) is 0 Å². The number of carbonyl (C=O) groups is 1. The number of nitrogens with zero attached hydrogens (tertiary/aromatic N) is 2. The summed E-state index contributed by atoms with van der Waals surface area (Å²) in [7, 11) is 0. The molecule has 0 bridgehead atoms. The van der Waals surface area contributed by atoms with E-state index in [0.29, 0.717) is 18.5 Å². The standard InChI is InChI=1S/C19H28N2O/c22-19(20-13-5-2-6-14-20)16-21-15-7-10-18(21)12-11-17-8-3-1-4-9-17/h1,3-4,8-9,18H,2,5-7,10-16H2. The average molecular weight is 300 g/mol. The fraction of sp³-hybridized carbons (Fsp3) is 0.632. The highest BCUT2D eigenvalue weighted by Crippen LogP contribution is 2.22. The van der Waals surface area contributed by atoms with Gasteiger partial charge in [0.1, 0.15) is 0 Å². The molecular weight excluding hydrogens is 272 g/mol. The van der Waals surface area contributed by atoms with Crippen molar-refractivity contribution in [1.29, 1.82) is 0 Å². The SMILES string of the molecule is O=C(CN1CCCC1CCc1ccccc1)N1CCCCC1. The molecule has 1 atom stereocenters. The Kier molecular flexibility index (Phi) is 5.49. The maximum Gasteiger partial charge on any atom is 0.236 e. The lowest BCUT2D eigenvalue weighted by atomic mass is 10.0. The summed E-state index contributed by atoms with van der Waals surface area (Å²) in [6.45, 7) is 3.68. The summed E-state index contributed by atoms with van der Waals surface area (Å²) in [6, 6.07) is 11.3. The van der Waals surface area contributed by atoms with Gasteiger partial charge in [0.15, 0.2) is 0 Å². The van der Waals surface area contributed by atoms with Gasteiger partial charge in [0.25, 0.3) is 0 Å². The lowest BCUT2D eigenvalue weighted by molar-refractivity contribution is -0.133. The van der Waals surface area contributed by atoms with Crippen molar-refractivity contribution in [3.05, 3.63) is 35.9 Å². The smallest absolute Gasteiger partial charge is 0.236 e. The molecule has 0 aromatic heterocycles. The second-order valence-electron chi connectivity index (χ2n) is 6.73. The van der Waals surface area contributed by atoms with Gasteiger partial charge in [-0.25, -0.2) is 0 Å². The van der Waals surface area contributed by atoms with Crippen LogP contribution in [0.25, 0.3) is 0 Å². The van der Waals surface area contributed by atoms with Gasteiger partial charge in [-0.15, -0.1) is 0 Å². The van der Waals surface area contributed by atoms with Gasteiger partial charge in [-0.2, -0.15) is 0 Å². The van der Waals surface area contributed by atoms with E-state index < -0.39 is 0 Å². The maximum absolute atomic E-state index is 12.5. The van der Waals surface area contributed by atoms with Crippen molar-refractivity contribution in [3.8, 4) is 0 Å². The van der Waals surface area contributed by atoms with E-state index in [9.17, 15) is 4.79 Å². The van der Waals surface area contributed by atoms with Gasteiger partial charge in [-0.1, -0.05) is 30.3 Å². The van der Waals surface area contributed by atoms with Crippen molar-refractivity contribution < 1.29 is 4.79 Å². The quantitative estimate of drug-likeness (QED) is 0.834. The summed E-state index contributed by atoms with van der Waals surface area (Å²) in [6.07, 6.45) is 8.45. The van der Waals surface area contributed by atoms with Crippen molar-refractivity contribution in [2.24, 2.45) is 0 Å². The van der Waals surface area contributed by atoms with Gasteiger partial charge in [0.05, 0.1) is 6.54 Å². The predicted octanol–water partition coefficient (Wildman–Crippen LogP) is 3.10. The molecule has 0 radical (unpaired) electrons. The van der Waals surface area contributed by atoms with Crippen molar-refractivity contribution in [1.82, 2.24) is 9.80 Å². The number of carbonyl (C=O) groups excluding carboxylic acids is 1. The van der Waals surface area contributed by atoms with Crippen LogP contribution in [0.1, 0.15) is 44.1 Å². The van der Waals surface area contributed by atoms with Crippen molar-refractivity contribution in [2.45, 2.75) is 51.0 Å². The summed E-state index contributed by atoms with van der Waals surface area (Å²) in [5.41, 5.74) is 1.41. The molecule has 3 heteroatoms.